The Morgan fingerprint density at radius 1 is 1.28 bits per heavy atom. The third-order valence-corrected chi connectivity index (χ3v) is 6.39. The van der Waals surface area contributed by atoms with Gasteiger partial charge in [0.2, 0.25) is 5.91 Å². The van der Waals surface area contributed by atoms with Crippen LogP contribution in [0.4, 0.5) is 0 Å². The maximum absolute atomic E-state index is 12.6. The van der Waals surface area contributed by atoms with Crippen molar-refractivity contribution >= 4 is 17.0 Å². The Morgan fingerprint density at radius 3 is 2.75 bits per heavy atom. The van der Waals surface area contributed by atoms with Gasteiger partial charge in [0.25, 0.3) is 0 Å². The molecule has 0 spiro atoms. The van der Waals surface area contributed by atoms with Crippen LogP contribution in [0.25, 0.3) is 11.1 Å². The zero-order valence-electron chi connectivity index (χ0n) is 21.1. The molecule has 0 bridgehead atoms. The number of aromatic nitrogens is 3. The Bertz CT molecular complexity index is 1340. The summed E-state index contributed by atoms with van der Waals surface area (Å²) < 4.78 is 12.7. The van der Waals surface area contributed by atoms with Crippen molar-refractivity contribution in [2.45, 2.75) is 44.6 Å². The molecule has 0 aliphatic heterocycles. The van der Waals surface area contributed by atoms with Gasteiger partial charge in [0, 0.05) is 12.1 Å². The van der Waals surface area contributed by atoms with Gasteiger partial charge >= 0.3 is 5.76 Å². The van der Waals surface area contributed by atoms with Crippen LogP contribution in [0.1, 0.15) is 48.8 Å². The Kier molecular flexibility index (Phi) is 7.69. The minimum atomic E-state index is -0.554. The van der Waals surface area contributed by atoms with Crippen molar-refractivity contribution < 1.29 is 13.9 Å². The number of carbonyl (C=O) groups excluding carboxylic acids is 1. The Labute approximate surface area is 210 Å². The fourth-order valence-corrected chi connectivity index (χ4v) is 4.67. The summed E-state index contributed by atoms with van der Waals surface area (Å²) in [5, 5.41) is 0. The Hall–Kier alpha value is -3.72. The van der Waals surface area contributed by atoms with Gasteiger partial charge in [-0.2, -0.15) is 0 Å². The van der Waals surface area contributed by atoms with E-state index in [2.05, 4.69) is 27.9 Å². The van der Waals surface area contributed by atoms with Crippen LogP contribution in [-0.2, 0) is 12.0 Å². The van der Waals surface area contributed by atoms with Crippen LogP contribution in [0.2, 0.25) is 0 Å². The average molecular weight is 492 g/mol. The first-order valence-corrected chi connectivity index (χ1v) is 12.2. The van der Waals surface area contributed by atoms with Crippen LogP contribution in [0.15, 0.2) is 63.6 Å². The van der Waals surface area contributed by atoms with E-state index in [1.165, 1.54) is 4.57 Å². The highest BCUT2D eigenvalue weighted by molar-refractivity contribution is 5.95. The molecule has 3 aromatic rings. The lowest BCUT2D eigenvalue weighted by Gasteiger charge is -2.32. The minimum Gasteiger partial charge on any atom is -0.490 e. The van der Waals surface area contributed by atoms with Gasteiger partial charge in [-0.1, -0.05) is 31.6 Å². The van der Waals surface area contributed by atoms with Crippen LogP contribution >= 0.6 is 0 Å². The summed E-state index contributed by atoms with van der Waals surface area (Å²) in [6, 6.07) is 4.75. The lowest BCUT2D eigenvalue weighted by atomic mass is 9.74. The Morgan fingerprint density at radius 2 is 2.06 bits per heavy atom. The second-order valence-corrected chi connectivity index (χ2v) is 9.52. The summed E-state index contributed by atoms with van der Waals surface area (Å²) in [6.07, 6.45) is 13.0. The molecule has 9 heteroatoms. The standard InChI is InChI=1S/C27H33N5O4/c1-4-10-27(25-29-16-21(17-30-25)35-13-6-12-31(2)3)11-5-7-19(15-27)18-32-22-14-20(24(28)33)8-9-23(22)36-26(32)34/h5,7-9,11,14,16-17H,4,6,10,12-13,15,18H2,1-3H3,(H2,28,33). The van der Waals surface area contributed by atoms with E-state index in [9.17, 15) is 9.59 Å². The molecule has 36 heavy (non-hydrogen) atoms. The van der Waals surface area contributed by atoms with E-state index in [4.69, 9.17) is 14.9 Å². The van der Waals surface area contributed by atoms with E-state index in [1.807, 2.05) is 26.2 Å². The molecule has 190 valence electrons. The van der Waals surface area contributed by atoms with Crippen molar-refractivity contribution in [1.29, 1.82) is 0 Å². The summed E-state index contributed by atoms with van der Waals surface area (Å²) in [7, 11) is 4.07. The first-order valence-electron chi connectivity index (χ1n) is 12.2. The number of oxazole rings is 1. The number of hydrogen-bond donors (Lipinski definition) is 1. The maximum Gasteiger partial charge on any atom is 0.420 e. The van der Waals surface area contributed by atoms with Gasteiger partial charge in [-0.15, -0.1) is 0 Å². The van der Waals surface area contributed by atoms with Gasteiger partial charge in [-0.05, 0) is 57.1 Å². The van der Waals surface area contributed by atoms with Crippen molar-refractivity contribution in [1.82, 2.24) is 19.4 Å². The summed E-state index contributed by atoms with van der Waals surface area (Å²) in [5.74, 6) is 0.352. The van der Waals surface area contributed by atoms with Crippen LogP contribution < -0.4 is 16.2 Å². The van der Waals surface area contributed by atoms with E-state index in [0.717, 1.165) is 37.2 Å². The van der Waals surface area contributed by atoms with Crippen molar-refractivity contribution in [3.63, 3.8) is 0 Å². The molecule has 0 radical (unpaired) electrons. The van der Waals surface area contributed by atoms with Gasteiger partial charge in [0.05, 0.1) is 36.5 Å². The molecule has 2 heterocycles. The number of nitrogens with two attached hydrogens (primary N) is 1. The molecule has 1 unspecified atom stereocenters. The summed E-state index contributed by atoms with van der Waals surface area (Å²) >= 11 is 0. The monoisotopic (exact) mass is 491 g/mol. The van der Waals surface area contributed by atoms with E-state index in [-0.39, 0.29) is 5.41 Å². The van der Waals surface area contributed by atoms with Gasteiger partial charge in [-0.25, -0.2) is 14.8 Å². The number of fused-ring (bicyclic) bond motifs is 1. The molecule has 1 aliphatic rings. The van der Waals surface area contributed by atoms with Gasteiger partial charge in [0.15, 0.2) is 11.3 Å². The smallest absolute Gasteiger partial charge is 0.420 e. The number of nitrogens with zero attached hydrogens (tertiary/aromatic N) is 4. The molecule has 0 saturated heterocycles. The number of amides is 1. The number of carbonyl (C=O) groups is 1. The highest BCUT2D eigenvalue weighted by Gasteiger charge is 2.34. The van der Waals surface area contributed by atoms with Crippen LogP contribution in [0.5, 0.6) is 5.75 Å². The van der Waals surface area contributed by atoms with Crippen LogP contribution in [-0.4, -0.2) is 52.6 Å². The Balaban J connectivity index is 1.54. The molecule has 1 amide bonds. The highest BCUT2D eigenvalue weighted by atomic mass is 16.5. The first-order chi connectivity index (χ1) is 17.3. The number of primary amides is 1. The van der Waals surface area contributed by atoms with Gasteiger partial charge < -0.3 is 19.8 Å². The topological polar surface area (TPSA) is 116 Å². The molecule has 9 nitrogen and oxygen atoms in total. The lowest BCUT2D eigenvalue weighted by molar-refractivity contribution is 0.100. The number of benzene rings is 1. The van der Waals surface area contributed by atoms with Crippen LogP contribution in [0, 0.1) is 0 Å². The zero-order chi connectivity index (χ0) is 25.7. The second-order valence-electron chi connectivity index (χ2n) is 9.52. The number of rotatable bonds is 11. The fraction of sp³-hybridized carbons (Fsp3) is 0.407. The van der Waals surface area contributed by atoms with Crippen molar-refractivity contribution in [2.75, 3.05) is 27.2 Å². The molecule has 0 saturated carbocycles. The van der Waals surface area contributed by atoms with Gasteiger partial charge in [0.1, 0.15) is 5.82 Å². The number of ether oxygens (including phenoxy) is 1. The first kappa shape index (κ1) is 25.4. The SMILES string of the molecule is CCCC1(c2ncc(OCCCN(C)C)cn2)C=CC=C(Cn2c(=O)oc3ccc(C(N)=O)cc32)C1. The predicted octanol–water partition coefficient (Wildman–Crippen LogP) is 3.44. The molecule has 1 atom stereocenters. The summed E-state index contributed by atoms with van der Waals surface area (Å²) in [4.78, 5) is 35.7. The maximum atomic E-state index is 12.6. The van der Waals surface area contributed by atoms with Crippen molar-refractivity contribution in [3.05, 3.63) is 76.3 Å². The zero-order valence-corrected chi connectivity index (χ0v) is 21.1. The normalized spacial score (nSPS) is 17.5. The number of allylic oxidation sites excluding steroid dienone is 4. The average Bonchev–Trinajstić information content (AvgIpc) is 3.16. The van der Waals surface area contributed by atoms with Crippen molar-refractivity contribution in [2.24, 2.45) is 5.73 Å². The quantitative estimate of drug-likeness (QED) is 0.408. The number of hydrogen-bond acceptors (Lipinski definition) is 7. The van der Waals surface area contributed by atoms with E-state index >= 15 is 0 Å². The lowest BCUT2D eigenvalue weighted by Crippen LogP contribution is -2.30. The minimum absolute atomic E-state index is 0.326. The molecule has 4 rings (SSSR count). The van der Waals surface area contributed by atoms with Crippen molar-refractivity contribution in [3.8, 4) is 5.75 Å². The molecule has 2 N–H and O–H groups in total. The summed E-state index contributed by atoms with van der Waals surface area (Å²) in [6.45, 7) is 4.03. The largest absolute Gasteiger partial charge is 0.490 e. The predicted molar refractivity (Wildman–Crippen MR) is 138 cm³/mol. The third kappa shape index (κ3) is 5.57. The molecule has 1 aliphatic carbocycles. The summed E-state index contributed by atoms with van der Waals surface area (Å²) in [5.41, 5.74) is 7.37. The third-order valence-electron chi connectivity index (χ3n) is 6.39. The fourth-order valence-electron chi connectivity index (χ4n) is 4.67. The van der Waals surface area contributed by atoms with Gasteiger partial charge in [-0.3, -0.25) is 9.36 Å². The highest BCUT2D eigenvalue weighted by Crippen LogP contribution is 2.38. The van der Waals surface area contributed by atoms with E-state index in [1.54, 1.807) is 30.6 Å². The molecule has 1 aromatic carbocycles. The van der Waals surface area contributed by atoms with E-state index < -0.39 is 11.7 Å². The molecular weight excluding hydrogens is 458 g/mol. The second kappa shape index (κ2) is 10.9. The van der Waals surface area contributed by atoms with E-state index in [0.29, 0.717) is 42.0 Å². The van der Waals surface area contributed by atoms with Crippen LogP contribution in [0.3, 0.4) is 0 Å². The molecule has 2 aromatic heterocycles. The molecular formula is C27H33N5O4. The molecule has 0 fully saturated rings.